The van der Waals surface area contributed by atoms with Crippen molar-refractivity contribution in [2.45, 2.75) is 49.3 Å². The van der Waals surface area contributed by atoms with Crippen LogP contribution in [-0.4, -0.2) is 87.3 Å². The Kier molecular flexibility index (Phi) is 9.65. The van der Waals surface area contributed by atoms with Gasteiger partial charge < -0.3 is 40.2 Å². The van der Waals surface area contributed by atoms with Crippen LogP contribution in [0.5, 0.6) is 0 Å². The molecule has 0 radical (unpaired) electrons. The first-order valence-corrected chi connectivity index (χ1v) is 18.0. The van der Waals surface area contributed by atoms with Crippen molar-refractivity contribution in [3.63, 3.8) is 0 Å². The van der Waals surface area contributed by atoms with Gasteiger partial charge in [-0.1, -0.05) is 109 Å². The number of H-pyrrole nitrogens is 2. The predicted octanol–water partition coefficient (Wildman–Crippen LogP) is 4.87. The Bertz CT molecular complexity index is 2060. The summed E-state index contributed by atoms with van der Waals surface area (Å²) < 4.78 is 0. The average molecular weight is 725 g/mol. The first kappa shape index (κ1) is 35.1. The molecule has 6 aromatic rings. The third kappa shape index (κ3) is 6.95. The summed E-state index contributed by atoms with van der Waals surface area (Å²) in [4.78, 5) is 45.3. The Morgan fingerprint density at radius 1 is 0.556 bits per heavy atom. The van der Waals surface area contributed by atoms with E-state index in [1.807, 2.05) is 60.7 Å². The van der Waals surface area contributed by atoms with Crippen molar-refractivity contribution in [3.8, 4) is 33.6 Å². The van der Waals surface area contributed by atoms with E-state index in [0.29, 0.717) is 35.6 Å². The molecule has 6 N–H and O–H groups in total. The highest BCUT2D eigenvalue weighted by Gasteiger charge is 2.41. The van der Waals surface area contributed by atoms with Gasteiger partial charge in [0, 0.05) is 25.9 Å². The van der Waals surface area contributed by atoms with E-state index in [-0.39, 0.29) is 13.1 Å². The van der Waals surface area contributed by atoms with Gasteiger partial charge in [0.05, 0.1) is 48.1 Å². The lowest BCUT2D eigenvalue weighted by atomic mass is 10.0. The van der Waals surface area contributed by atoms with E-state index in [1.54, 1.807) is 60.9 Å². The fraction of sp³-hybridized carbons (Fsp3) is 0.238. The maximum Gasteiger partial charge on any atom is 0.256 e. The number of aliphatic hydroxyl groups is 4. The van der Waals surface area contributed by atoms with E-state index >= 15 is 0 Å². The Hall–Kier alpha value is -5.92. The van der Waals surface area contributed by atoms with Gasteiger partial charge in [-0.3, -0.25) is 9.59 Å². The minimum atomic E-state index is -1.33. The number of aromatic amines is 2. The number of carbonyl (C=O) groups excluding carboxylic acids is 2. The molecule has 2 fully saturated rings. The maximum atomic E-state index is 13.3. The summed E-state index contributed by atoms with van der Waals surface area (Å²) in [5.41, 5.74) is 6.35. The van der Waals surface area contributed by atoms with E-state index in [2.05, 4.69) is 19.9 Å². The molecular formula is C42H40N6O6. The number of nitrogens with one attached hydrogen (secondary N) is 2. The maximum absolute atomic E-state index is 13.3. The zero-order valence-electron chi connectivity index (χ0n) is 29.2. The van der Waals surface area contributed by atoms with Gasteiger partial charge in [-0.15, -0.1) is 0 Å². The monoisotopic (exact) mass is 724 g/mol. The molecule has 4 heterocycles. The van der Waals surface area contributed by atoms with Crippen molar-refractivity contribution in [1.29, 1.82) is 0 Å². The molecule has 4 aromatic carbocycles. The second kappa shape index (κ2) is 14.8. The highest BCUT2D eigenvalue weighted by Crippen LogP contribution is 2.36. The molecule has 0 bridgehead atoms. The fourth-order valence-corrected chi connectivity index (χ4v) is 7.49. The molecule has 0 unspecified atom stereocenters. The minimum absolute atomic E-state index is 0.114. The predicted molar refractivity (Wildman–Crippen MR) is 200 cm³/mol. The topological polar surface area (TPSA) is 179 Å². The van der Waals surface area contributed by atoms with Crippen LogP contribution in [0.3, 0.4) is 0 Å². The molecule has 2 amide bonds. The Morgan fingerprint density at radius 3 is 1.28 bits per heavy atom. The number of amides is 2. The number of aliphatic hydroxyl groups excluding tert-OH is 4. The normalized spacial score (nSPS) is 21.0. The average Bonchev–Trinajstić information content (AvgIpc) is 4.04. The molecule has 8 rings (SSSR count). The van der Waals surface area contributed by atoms with Crippen molar-refractivity contribution < 1.29 is 30.0 Å². The second-order valence-electron chi connectivity index (χ2n) is 13.9. The van der Waals surface area contributed by atoms with Gasteiger partial charge in [-0.25, -0.2) is 9.97 Å². The molecule has 0 spiro atoms. The molecule has 12 nitrogen and oxygen atoms in total. The summed E-state index contributed by atoms with van der Waals surface area (Å²) in [5.74, 6) is 0.141. The van der Waals surface area contributed by atoms with Crippen molar-refractivity contribution in [2.24, 2.45) is 0 Å². The molecule has 274 valence electrons. The van der Waals surface area contributed by atoms with Crippen molar-refractivity contribution >= 4 is 11.8 Å². The van der Waals surface area contributed by atoms with E-state index in [9.17, 15) is 30.0 Å². The van der Waals surface area contributed by atoms with Crippen LogP contribution in [0.1, 0.15) is 59.9 Å². The lowest BCUT2D eigenvalue weighted by Gasteiger charge is -2.25. The smallest absolute Gasteiger partial charge is 0.256 e. The van der Waals surface area contributed by atoms with Crippen LogP contribution in [0, 0.1) is 0 Å². The third-order valence-corrected chi connectivity index (χ3v) is 10.4. The molecule has 0 saturated carbocycles. The largest absolute Gasteiger partial charge is 0.391 e. The molecule has 2 aliphatic heterocycles. The molecule has 54 heavy (non-hydrogen) atoms. The van der Waals surface area contributed by atoms with Gasteiger partial charge in [0.2, 0.25) is 0 Å². The Balaban J connectivity index is 0.934. The molecule has 0 aliphatic carbocycles. The highest BCUT2D eigenvalue weighted by atomic mass is 16.3. The molecular weight excluding hydrogens is 684 g/mol. The number of likely N-dealkylation sites (tertiary alicyclic amines) is 2. The first-order valence-electron chi connectivity index (χ1n) is 18.0. The summed E-state index contributed by atoms with van der Waals surface area (Å²) in [6.07, 6.45) is -0.0492. The SMILES string of the molecule is O=C([C@H](O)c1ccccc1)N1C[C@H](O)C[C@H]1c1ncc(-c2ccc(-c3ccc(-c4cnc([C@@H]5C[C@H](O)CN5C(=O)[C@H](O)c5ccccc5)[nH]4)cc3)cc2)[nH]1. The van der Waals surface area contributed by atoms with Crippen LogP contribution in [0.15, 0.2) is 122 Å². The van der Waals surface area contributed by atoms with Crippen molar-refractivity contribution in [3.05, 3.63) is 144 Å². The van der Waals surface area contributed by atoms with Gasteiger partial charge in [0.25, 0.3) is 11.8 Å². The quantitative estimate of drug-likeness (QED) is 0.122. The Labute approximate surface area is 311 Å². The van der Waals surface area contributed by atoms with Crippen LogP contribution in [0.2, 0.25) is 0 Å². The number of hydrogen-bond acceptors (Lipinski definition) is 8. The number of β-amino-alcohol motifs (C(OH)–C–C–N with tert-alkyl or cyclic N) is 2. The number of aromatic nitrogens is 4. The number of nitrogens with zero attached hydrogens (tertiary/aromatic N) is 4. The number of benzene rings is 4. The molecule has 2 aliphatic rings. The summed E-state index contributed by atoms with van der Waals surface area (Å²) in [5, 5.41) is 42.4. The number of imidazole rings is 2. The van der Waals surface area contributed by atoms with Crippen molar-refractivity contribution in [2.75, 3.05) is 13.1 Å². The Morgan fingerprint density at radius 2 is 0.907 bits per heavy atom. The number of hydrogen-bond donors (Lipinski definition) is 6. The molecule has 6 atom stereocenters. The van der Waals surface area contributed by atoms with Crippen LogP contribution in [0.4, 0.5) is 0 Å². The second-order valence-corrected chi connectivity index (χ2v) is 13.9. The summed E-state index contributed by atoms with van der Waals surface area (Å²) in [7, 11) is 0. The van der Waals surface area contributed by atoms with Crippen molar-refractivity contribution in [1.82, 2.24) is 29.7 Å². The van der Waals surface area contributed by atoms with Crippen LogP contribution < -0.4 is 0 Å². The molecule has 12 heteroatoms. The molecule has 2 saturated heterocycles. The van der Waals surface area contributed by atoms with E-state index in [1.165, 1.54) is 9.80 Å². The van der Waals surface area contributed by atoms with Crippen LogP contribution >= 0.6 is 0 Å². The summed E-state index contributed by atoms with van der Waals surface area (Å²) in [6.45, 7) is 0.228. The third-order valence-electron chi connectivity index (χ3n) is 10.4. The highest BCUT2D eigenvalue weighted by molar-refractivity contribution is 5.83. The number of rotatable bonds is 9. The van der Waals surface area contributed by atoms with Gasteiger partial charge in [0.15, 0.2) is 12.2 Å². The zero-order valence-corrected chi connectivity index (χ0v) is 29.2. The standard InChI is InChI=1S/C42H40N6O6/c49-31-19-35(47(23-31)41(53)37(51)29-7-3-1-4-8-29)39-43-21-33(45-39)27-15-11-25(12-16-27)26-13-17-28(18-14-26)34-22-44-40(46-34)36-20-32(50)24-48(36)42(54)38(52)30-9-5-2-6-10-30/h1-18,21-22,31-32,35-38,49-52H,19-20,23-24H2,(H,43,45)(H,44,46)/t31-,32+,35-,36-,37+,38+/m0/s1. The summed E-state index contributed by atoms with van der Waals surface area (Å²) >= 11 is 0. The first-order chi connectivity index (χ1) is 26.2. The zero-order chi connectivity index (χ0) is 37.3. The van der Waals surface area contributed by atoms with E-state index in [4.69, 9.17) is 0 Å². The van der Waals surface area contributed by atoms with Gasteiger partial charge >= 0.3 is 0 Å². The molecule has 2 aromatic heterocycles. The lowest BCUT2D eigenvalue weighted by Crippen LogP contribution is -2.36. The fourth-order valence-electron chi connectivity index (χ4n) is 7.49. The van der Waals surface area contributed by atoms with E-state index in [0.717, 1.165) is 33.6 Å². The van der Waals surface area contributed by atoms with Crippen LogP contribution in [-0.2, 0) is 9.59 Å². The van der Waals surface area contributed by atoms with Gasteiger partial charge in [0.1, 0.15) is 11.6 Å². The minimum Gasteiger partial charge on any atom is -0.391 e. The van der Waals surface area contributed by atoms with Crippen LogP contribution in [0.25, 0.3) is 33.6 Å². The van der Waals surface area contributed by atoms with E-state index < -0.39 is 48.3 Å². The number of carbonyl (C=O) groups is 2. The van der Waals surface area contributed by atoms with Gasteiger partial charge in [-0.2, -0.15) is 0 Å². The lowest BCUT2D eigenvalue weighted by molar-refractivity contribution is -0.142. The van der Waals surface area contributed by atoms with Gasteiger partial charge in [-0.05, 0) is 33.4 Å². The summed E-state index contributed by atoms with van der Waals surface area (Å²) in [6, 6.07) is 32.6.